The monoisotopic (exact) mass is 402 g/mol. The molecule has 0 unspecified atom stereocenters. The Morgan fingerprint density at radius 3 is 2.29 bits per heavy atom. The standard InChI is InChI=1S/C20H19ClN2O5/c21-17-10-13(12-4-2-1-3-5-12)6-7-14(17)8-16(9-15(11-24)20(27)28)22-23-18(25)19(23)26/h1-7,10,15-16,22,24H,8-9,11H2,(H,27,28)/t15-,16+/m0/s1. The zero-order valence-electron chi connectivity index (χ0n) is 14.8. The SMILES string of the molecule is O=C(O)[C@H](CO)C[C@@H](Cc1ccc(-c2ccccc2)cc1Cl)Nn1c(=O)c1=O. The van der Waals surface area contributed by atoms with Crippen LogP contribution in [0.5, 0.6) is 0 Å². The molecule has 2 atom stereocenters. The van der Waals surface area contributed by atoms with E-state index < -0.39 is 35.7 Å². The Hall–Kier alpha value is -2.90. The average molecular weight is 403 g/mol. The molecule has 7 nitrogen and oxygen atoms in total. The summed E-state index contributed by atoms with van der Waals surface area (Å²) in [4.78, 5) is 33.8. The molecule has 146 valence electrons. The quantitative estimate of drug-likeness (QED) is 0.469. The number of carbonyl (C=O) groups is 1. The van der Waals surface area contributed by atoms with Crippen molar-refractivity contribution in [3.8, 4) is 11.1 Å². The van der Waals surface area contributed by atoms with E-state index in [0.717, 1.165) is 21.4 Å². The largest absolute Gasteiger partial charge is 0.481 e. The van der Waals surface area contributed by atoms with Gasteiger partial charge in [-0.05, 0) is 35.6 Å². The van der Waals surface area contributed by atoms with Crippen LogP contribution in [0.1, 0.15) is 12.0 Å². The number of nitrogens with zero attached hydrogens (tertiary/aromatic N) is 1. The molecule has 0 aliphatic heterocycles. The van der Waals surface area contributed by atoms with Gasteiger partial charge < -0.3 is 15.6 Å². The molecular weight excluding hydrogens is 384 g/mol. The molecule has 1 aromatic heterocycles. The highest BCUT2D eigenvalue weighted by Gasteiger charge is 2.26. The maximum Gasteiger partial charge on any atom is 0.340 e. The number of hydrogen-bond donors (Lipinski definition) is 3. The van der Waals surface area contributed by atoms with Crippen molar-refractivity contribution in [1.29, 1.82) is 0 Å². The highest BCUT2D eigenvalue weighted by Crippen LogP contribution is 2.27. The first-order valence-electron chi connectivity index (χ1n) is 8.72. The molecule has 0 amide bonds. The predicted octanol–water partition coefficient (Wildman–Crippen LogP) is 1.64. The van der Waals surface area contributed by atoms with Gasteiger partial charge in [-0.15, -0.1) is 0 Å². The van der Waals surface area contributed by atoms with Crippen LogP contribution in [0, 0.1) is 5.92 Å². The van der Waals surface area contributed by atoms with E-state index in [1.165, 1.54) is 0 Å². The number of benzene rings is 2. The van der Waals surface area contributed by atoms with E-state index in [1.54, 1.807) is 0 Å². The topological polar surface area (TPSA) is 109 Å². The summed E-state index contributed by atoms with van der Waals surface area (Å²) < 4.78 is 0.840. The van der Waals surface area contributed by atoms with Crippen molar-refractivity contribution in [2.75, 3.05) is 12.0 Å². The molecule has 0 spiro atoms. The Bertz CT molecular complexity index is 1010. The van der Waals surface area contributed by atoms with E-state index in [9.17, 15) is 24.6 Å². The number of aliphatic hydroxyl groups excluding tert-OH is 1. The first-order chi connectivity index (χ1) is 13.4. The van der Waals surface area contributed by atoms with Gasteiger partial charge in [0, 0.05) is 11.1 Å². The third-order valence-corrected chi connectivity index (χ3v) is 4.97. The van der Waals surface area contributed by atoms with Gasteiger partial charge in [0.25, 0.3) is 0 Å². The molecule has 2 aromatic carbocycles. The molecule has 0 radical (unpaired) electrons. The van der Waals surface area contributed by atoms with Crippen LogP contribution in [0.2, 0.25) is 5.02 Å². The normalized spacial score (nSPS) is 13.4. The minimum Gasteiger partial charge on any atom is -0.481 e. The maximum absolute atomic E-state index is 11.3. The summed E-state index contributed by atoms with van der Waals surface area (Å²) in [5.74, 6) is -2.17. The van der Waals surface area contributed by atoms with E-state index in [2.05, 4.69) is 5.43 Å². The molecule has 0 aliphatic carbocycles. The highest BCUT2D eigenvalue weighted by molar-refractivity contribution is 6.31. The summed E-state index contributed by atoms with van der Waals surface area (Å²) in [5, 5.41) is 19.0. The highest BCUT2D eigenvalue weighted by atomic mass is 35.5. The molecule has 3 aromatic rings. The van der Waals surface area contributed by atoms with Crippen molar-refractivity contribution < 1.29 is 15.0 Å². The summed E-state index contributed by atoms with van der Waals surface area (Å²) in [6, 6.07) is 14.7. The Labute approximate surface area is 165 Å². The van der Waals surface area contributed by atoms with E-state index in [4.69, 9.17) is 11.6 Å². The molecule has 0 saturated carbocycles. The number of aliphatic carboxylic acids is 1. The molecule has 1 heterocycles. The van der Waals surface area contributed by atoms with Crippen LogP contribution in [0.4, 0.5) is 0 Å². The Balaban J connectivity index is 1.81. The van der Waals surface area contributed by atoms with E-state index >= 15 is 0 Å². The van der Waals surface area contributed by atoms with E-state index in [1.807, 2.05) is 48.5 Å². The predicted molar refractivity (Wildman–Crippen MR) is 106 cm³/mol. The maximum atomic E-state index is 11.3. The Kier molecular flexibility index (Phi) is 5.96. The number of carboxylic acid groups (broad SMARTS) is 1. The van der Waals surface area contributed by atoms with Crippen LogP contribution in [0.15, 0.2) is 58.1 Å². The van der Waals surface area contributed by atoms with Gasteiger partial charge in [-0.3, -0.25) is 14.4 Å². The smallest absolute Gasteiger partial charge is 0.340 e. The average Bonchev–Trinajstić information content (AvgIpc) is 3.25. The summed E-state index contributed by atoms with van der Waals surface area (Å²) in [5.41, 5.74) is 4.07. The van der Waals surface area contributed by atoms with Crippen LogP contribution in [-0.2, 0) is 11.2 Å². The van der Waals surface area contributed by atoms with Gasteiger partial charge >= 0.3 is 17.1 Å². The van der Waals surface area contributed by atoms with Crippen LogP contribution in [0.25, 0.3) is 11.1 Å². The molecule has 3 N–H and O–H groups in total. The summed E-state index contributed by atoms with van der Waals surface area (Å²) in [6.07, 6.45) is 0.314. The van der Waals surface area contributed by atoms with Crippen LogP contribution in [0.3, 0.4) is 0 Å². The van der Waals surface area contributed by atoms with Gasteiger partial charge in [0.2, 0.25) is 0 Å². The number of rotatable bonds is 9. The second kappa shape index (κ2) is 8.41. The first kappa shape index (κ1) is 19.9. The van der Waals surface area contributed by atoms with Crippen molar-refractivity contribution in [3.63, 3.8) is 0 Å². The van der Waals surface area contributed by atoms with Crippen molar-refractivity contribution in [2.24, 2.45) is 5.92 Å². The van der Waals surface area contributed by atoms with Gasteiger partial charge in [-0.2, -0.15) is 4.68 Å². The molecule has 8 heteroatoms. The number of aliphatic hydroxyl groups is 1. The summed E-state index contributed by atoms with van der Waals surface area (Å²) >= 11 is 6.42. The lowest BCUT2D eigenvalue weighted by molar-refractivity contribution is -0.143. The second-order valence-electron chi connectivity index (χ2n) is 6.60. The van der Waals surface area contributed by atoms with Gasteiger partial charge in [0.15, 0.2) is 0 Å². The molecule has 0 aliphatic rings. The second-order valence-corrected chi connectivity index (χ2v) is 7.01. The third kappa shape index (κ3) is 4.49. The number of hydrogen-bond acceptors (Lipinski definition) is 5. The molecular formula is C20H19ClN2O5. The Morgan fingerprint density at radius 2 is 1.75 bits per heavy atom. The van der Waals surface area contributed by atoms with Crippen molar-refractivity contribution >= 4 is 17.6 Å². The molecule has 28 heavy (non-hydrogen) atoms. The summed E-state index contributed by atoms with van der Waals surface area (Å²) in [6.45, 7) is -0.546. The molecule has 0 fully saturated rings. The number of nitrogens with one attached hydrogen (secondary N) is 1. The first-order valence-corrected chi connectivity index (χ1v) is 9.10. The fourth-order valence-electron chi connectivity index (χ4n) is 3.00. The van der Waals surface area contributed by atoms with Gasteiger partial charge in [0.05, 0.1) is 12.5 Å². The van der Waals surface area contributed by atoms with E-state index in [0.29, 0.717) is 5.02 Å². The zero-order chi connectivity index (χ0) is 20.3. The Morgan fingerprint density at radius 1 is 1.07 bits per heavy atom. The lowest BCUT2D eigenvalue weighted by Crippen LogP contribution is -2.34. The van der Waals surface area contributed by atoms with Crippen LogP contribution >= 0.6 is 11.6 Å². The van der Waals surface area contributed by atoms with Crippen LogP contribution < -0.4 is 16.5 Å². The zero-order valence-corrected chi connectivity index (χ0v) is 15.6. The number of aromatic nitrogens is 1. The lowest BCUT2D eigenvalue weighted by atomic mass is 9.94. The number of halogens is 1. The summed E-state index contributed by atoms with van der Waals surface area (Å²) in [7, 11) is 0. The minimum atomic E-state index is -1.15. The van der Waals surface area contributed by atoms with Crippen molar-refractivity contribution in [1.82, 2.24) is 4.68 Å². The van der Waals surface area contributed by atoms with Gasteiger partial charge in [-0.1, -0.05) is 54.1 Å². The van der Waals surface area contributed by atoms with E-state index in [-0.39, 0.29) is 12.8 Å². The molecule has 0 saturated heterocycles. The molecule has 3 rings (SSSR count). The molecule has 0 bridgehead atoms. The fraction of sp³-hybridized carbons (Fsp3) is 0.250. The van der Waals surface area contributed by atoms with Crippen molar-refractivity contribution in [3.05, 3.63) is 79.8 Å². The lowest BCUT2D eigenvalue weighted by Gasteiger charge is -2.21. The van der Waals surface area contributed by atoms with Gasteiger partial charge in [0.1, 0.15) is 0 Å². The number of carboxylic acids is 1. The minimum absolute atomic E-state index is 0.0274. The van der Waals surface area contributed by atoms with Crippen LogP contribution in [-0.4, -0.2) is 33.5 Å². The fourth-order valence-corrected chi connectivity index (χ4v) is 3.26. The third-order valence-electron chi connectivity index (χ3n) is 4.62. The van der Waals surface area contributed by atoms with Crippen molar-refractivity contribution in [2.45, 2.75) is 18.9 Å². The van der Waals surface area contributed by atoms with Gasteiger partial charge in [-0.25, -0.2) is 0 Å².